The van der Waals surface area contributed by atoms with Crippen LogP contribution >= 0.6 is 0 Å². The molecule has 1 aromatic rings. The second-order valence-corrected chi connectivity index (χ2v) is 2.68. The minimum atomic E-state index is -0.438. The minimum absolute atomic E-state index is 0.00616. The summed E-state index contributed by atoms with van der Waals surface area (Å²) in [4.78, 5) is 10.9. The molecule has 0 saturated heterocycles. The summed E-state index contributed by atoms with van der Waals surface area (Å²) in [7, 11) is 1.27. The lowest BCUT2D eigenvalue weighted by atomic mass is 10.0. The Morgan fingerprint density at radius 3 is 2.93 bits per heavy atom. The maximum absolute atomic E-state index is 10.9. The first kappa shape index (κ1) is 10.1. The van der Waals surface area contributed by atoms with Gasteiger partial charge in [0.2, 0.25) is 0 Å². The van der Waals surface area contributed by atoms with Gasteiger partial charge in [-0.2, -0.15) is 5.26 Å². The van der Waals surface area contributed by atoms with Gasteiger partial charge in [-0.3, -0.25) is 4.79 Å². The van der Waals surface area contributed by atoms with Gasteiger partial charge in [0.15, 0.2) is 0 Å². The van der Waals surface area contributed by atoms with E-state index >= 15 is 0 Å². The minimum Gasteiger partial charge on any atom is -0.507 e. The molecule has 0 radical (unpaired) electrons. The van der Waals surface area contributed by atoms with E-state index in [4.69, 9.17) is 5.26 Å². The van der Waals surface area contributed by atoms with Crippen molar-refractivity contribution in [3.05, 3.63) is 29.3 Å². The highest BCUT2D eigenvalue weighted by atomic mass is 16.5. The molecule has 0 amide bonds. The molecule has 14 heavy (non-hydrogen) atoms. The van der Waals surface area contributed by atoms with Gasteiger partial charge in [0.1, 0.15) is 11.8 Å². The smallest absolute Gasteiger partial charge is 0.310 e. The van der Waals surface area contributed by atoms with Gasteiger partial charge in [-0.25, -0.2) is 0 Å². The van der Waals surface area contributed by atoms with Crippen molar-refractivity contribution in [3.63, 3.8) is 0 Å². The van der Waals surface area contributed by atoms with E-state index in [1.807, 2.05) is 6.07 Å². The fourth-order valence-corrected chi connectivity index (χ4v) is 1.09. The van der Waals surface area contributed by atoms with Gasteiger partial charge in [0.05, 0.1) is 19.1 Å². The lowest BCUT2D eigenvalue weighted by Crippen LogP contribution is -2.05. The van der Waals surface area contributed by atoms with Crippen LogP contribution in [-0.4, -0.2) is 18.2 Å². The van der Waals surface area contributed by atoms with Crippen LogP contribution in [0.2, 0.25) is 0 Å². The number of carbonyl (C=O) groups is 1. The van der Waals surface area contributed by atoms with Crippen LogP contribution in [0.15, 0.2) is 18.2 Å². The van der Waals surface area contributed by atoms with Crippen LogP contribution in [-0.2, 0) is 16.0 Å². The van der Waals surface area contributed by atoms with E-state index in [-0.39, 0.29) is 17.7 Å². The Hall–Kier alpha value is -2.02. The van der Waals surface area contributed by atoms with E-state index in [0.717, 1.165) is 0 Å². The van der Waals surface area contributed by atoms with E-state index in [1.165, 1.54) is 13.2 Å². The molecule has 1 rings (SSSR count). The summed E-state index contributed by atoms with van der Waals surface area (Å²) in [6.07, 6.45) is -0.00616. The zero-order chi connectivity index (χ0) is 10.6. The largest absolute Gasteiger partial charge is 0.507 e. The number of hydrogen-bond donors (Lipinski definition) is 1. The average molecular weight is 191 g/mol. The number of phenols is 1. The van der Waals surface area contributed by atoms with E-state index in [1.54, 1.807) is 12.1 Å². The molecular formula is C10H9NO3. The average Bonchev–Trinajstić information content (AvgIpc) is 2.18. The molecule has 0 heterocycles. The number of esters is 1. The highest BCUT2D eigenvalue weighted by Gasteiger charge is 2.10. The Morgan fingerprint density at radius 2 is 2.36 bits per heavy atom. The highest BCUT2D eigenvalue weighted by Crippen LogP contribution is 2.20. The summed E-state index contributed by atoms with van der Waals surface area (Å²) in [5.41, 5.74) is 0.595. The van der Waals surface area contributed by atoms with Gasteiger partial charge in [-0.1, -0.05) is 12.1 Å². The summed E-state index contributed by atoms with van der Waals surface area (Å²) in [6.45, 7) is 0. The molecule has 4 nitrogen and oxygen atoms in total. The number of rotatable bonds is 2. The molecule has 0 fully saturated rings. The second-order valence-electron chi connectivity index (χ2n) is 2.68. The Kier molecular flexibility index (Phi) is 3.08. The summed E-state index contributed by atoms with van der Waals surface area (Å²) in [6, 6.07) is 6.42. The van der Waals surface area contributed by atoms with Crippen LogP contribution in [0.5, 0.6) is 5.75 Å². The summed E-state index contributed by atoms with van der Waals surface area (Å²) >= 11 is 0. The fraction of sp³-hybridized carbons (Fsp3) is 0.200. The molecule has 0 aliphatic carbocycles. The number of nitriles is 1. The number of ether oxygens (including phenoxy) is 1. The maximum atomic E-state index is 10.9. The van der Waals surface area contributed by atoms with Gasteiger partial charge in [0, 0.05) is 0 Å². The molecule has 0 aliphatic rings. The van der Waals surface area contributed by atoms with Crippen LogP contribution < -0.4 is 0 Å². The normalized spacial score (nSPS) is 9.14. The third kappa shape index (κ3) is 2.02. The summed E-state index contributed by atoms with van der Waals surface area (Å²) in [5.74, 6) is -0.555. The van der Waals surface area contributed by atoms with E-state index in [2.05, 4.69) is 4.74 Å². The van der Waals surface area contributed by atoms with E-state index < -0.39 is 5.97 Å². The monoisotopic (exact) mass is 191 g/mol. The molecule has 0 aromatic heterocycles. The second kappa shape index (κ2) is 4.28. The quantitative estimate of drug-likeness (QED) is 0.707. The van der Waals surface area contributed by atoms with Crippen molar-refractivity contribution in [2.45, 2.75) is 6.42 Å². The number of benzene rings is 1. The number of hydrogen-bond acceptors (Lipinski definition) is 4. The van der Waals surface area contributed by atoms with Crippen LogP contribution in [0, 0.1) is 11.3 Å². The molecule has 4 heteroatoms. The van der Waals surface area contributed by atoms with Crippen LogP contribution in [0.1, 0.15) is 11.1 Å². The van der Waals surface area contributed by atoms with Crippen molar-refractivity contribution in [1.29, 1.82) is 5.26 Å². The molecule has 1 N–H and O–H groups in total. The molecule has 0 atom stereocenters. The number of nitrogens with zero attached hydrogens (tertiary/aromatic N) is 1. The Labute approximate surface area is 81.4 Å². The lowest BCUT2D eigenvalue weighted by Gasteiger charge is -2.03. The molecule has 0 bridgehead atoms. The molecule has 0 saturated carbocycles. The molecular weight excluding hydrogens is 182 g/mol. The zero-order valence-electron chi connectivity index (χ0n) is 7.65. The van der Waals surface area contributed by atoms with E-state index in [9.17, 15) is 9.90 Å². The van der Waals surface area contributed by atoms with Gasteiger partial charge in [0.25, 0.3) is 0 Å². The highest BCUT2D eigenvalue weighted by molar-refractivity contribution is 5.74. The van der Waals surface area contributed by atoms with Gasteiger partial charge < -0.3 is 9.84 Å². The van der Waals surface area contributed by atoms with Gasteiger partial charge >= 0.3 is 5.97 Å². The van der Waals surface area contributed by atoms with Crippen molar-refractivity contribution >= 4 is 5.97 Å². The first-order valence-electron chi connectivity index (χ1n) is 3.96. The predicted octanol–water partition coefficient (Wildman–Crippen LogP) is 0.979. The van der Waals surface area contributed by atoms with Crippen molar-refractivity contribution < 1.29 is 14.6 Å². The fourth-order valence-electron chi connectivity index (χ4n) is 1.09. The molecule has 72 valence electrons. The van der Waals surface area contributed by atoms with E-state index in [0.29, 0.717) is 5.56 Å². The Bertz CT molecular complexity index is 393. The van der Waals surface area contributed by atoms with Crippen molar-refractivity contribution in [2.24, 2.45) is 0 Å². The maximum Gasteiger partial charge on any atom is 0.310 e. The standard InChI is InChI=1S/C10H9NO3/c1-14-10(13)5-7-3-2-4-9(12)8(7)6-11/h2-4,12H,5H2,1H3. The SMILES string of the molecule is COC(=O)Cc1cccc(O)c1C#N. The Balaban J connectivity index is 3.04. The summed E-state index contributed by atoms with van der Waals surface area (Å²) < 4.78 is 4.46. The topological polar surface area (TPSA) is 70.3 Å². The number of carbonyl (C=O) groups excluding carboxylic acids is 1. The molecule has 0 aliphatic heterocycles. The number of phenolic OH excluding ortho intramolecular Hbond substituents is 1. The number of methoxy groups -OCH3 is 1. The van der Waals surface area contributed by atoms with Crippen molar-refractivity contribution in [2.75, 3.05) is 7.11 Å². The molecule has 0 spiro atoms. The molecule has 0 unspecified atom stereocenters. The predicted molar refractivity (Wildman–Crippen MR) is 48.5 cm³/mol. The van der Waals surface area contributed by atoms with Crippen molar-refractivity contribution in [3.8, 4) is 11.8 Å². The lowest BCUT2D eigenvalue weighted by molar-refractivity contribution is -0.139. The van der Waals surface area contributed by atoms with Crippen LogP contribution in [0.4, 0.5) is 0 Å². The Morgan fingerprint density at radius 1 is 1.64 bits per heavy atom. The van der Waals surface area contributed by atoms with Gasteiger partial charge in [-0.05, 0) is 11.6 Å². The third-order valence-electron chi connectivity index (χ3n) is 1.80. The molecule has 1 aromatic carbocycles. The van der Waals surface area contributed by atoms with Crippen LogP contribution in [0.3, 0.4) is 0 Å². The summed E-state index contributed by atoms with van der Waals surface area (Å²) in [5, 5.41) is 18.0. The number of aromatic hydroxyl groups is 1. The third-order valence-corrected chi connectivity index (χ3v) is 1.80. The first-order valence-corrected chi connectivity index (χ1v) is 3.96. The first-order chi connectivity index (χ1) is 6.69. The zero-order valence-corrected chi connectivity index (χ0v) is 7.65. The van der Waals surface area contributed by atoms with Gasteiger partial charge in [-0.15, -0.1) is 0 Å². The van der Waals surface area contributed by atoms with Crippen LogP contribution in [0.25, 0.3) is 0 Å². The van der Waals surface area contributed by atoms with Crippen molar-refractivity contribution in [1.82, 2.24) is 0 Å².